The average molecular weight is 226 g/mol. The van der Waals surface area contributed by atoms with Crippen molar-refractivity contribution in [3.63, 3.8) is 0 Å². The molecule has 0 rings (SSSR count). The predicted molar refractivity (Wildman–Crippen MR) is 40.2 cm³/mol. The molecule has 0 aromatic carbocycles. The smallest absolute Gasteiger partial charge is 0.368 e. The van der Waals surface area contributed by atoms with Gasteiger partial charge in [-0.1, -0.05) is 0 Å². The molecular formula is H11O8PSi2. The Morgan fingerprint density at radius 2 is 0.909 bits per heavy atom. The monoisotopic (exact) mass is 226 g/mol. The standard InChI is InChI=1S/H3O4P.H4O4Si.H4Si/c2*1-5(2,3)4;/h(H3,1,2,3,4);1-4H;1H4. The number of rotatable bonds is 0. The number of hydrogen-bond donors (Lipinski definition) is 7. The number of phosphoric acid groups is 1. The fourth-order valence-electron chi connectivity index (χ4n) is 0. The van der Waals surface area contributed by atoms with Crippen LogP contribution in [0.25, 0.3) is 0 Å². The van der Waals surface area contributed by atoms with Crippen molar-refractivity contribution >= 4 is 27.8 Å². The molecule has 0 atom stereocenters. The van der Waals surface area contributed by atoms with Gasteiger partial charge >= 0.3 is 16.9 Å². The zero-order valence-electron chi connectivity index (χ0n) is 4.49. The van der Waals surface area contributed by atoms with Gasteiger partial charge in [-0.15, -0.1) is 0 Å². The van der Waals surface area contributed by atoms with Crippen molar-refractivity contribution in [2.45, 2.75) is 0 Å². The highest BCUT2D eigenvalue weighted by molar-refractivity contribution is 7.45. The van der Waals surface area contributed by atoms with Crippen molar-refractivity contribution in [2.24, 2.45) is 0 Å². The lowest BCUT2D eigenvalue weighted by Gasteiger charge is -1.91. The highest BCUT2D eigenvalue weighted by atomic mass is 31.2. The molecule has 0 aliphatic rings. The molecule has 0 saturated heterocycles. The van der Waals surface area contributed by atoms with Crippen LogP contribution < -0.4 is 0 Å². The van der Waals surface area contributed by atoms with Crippen molar-refractivity contribution in [2.75, 3.05) is 0 Å². The average Bonchev–Trinajstić information content (AvgIpc) is 1.12. The van der Waals surface area contributed by atoms with Crippen molar-refractivity contribution in [3.05, 3.63) is 0 Å². The SMILES string of the molecule is O=P(O)(O)O.O[Si](O)(O)O.[SiH4]. The first kappa shape index (κ1) is 17.5. The minimum absolute atomic E-state index is 0. The van der Waals surface area contributed by atoms with Gasteiger partial charge in [-0.05, 0) is 11.0 Å². The van der Waals surface area contributed by atoms with E-state index in [9.17, 15) is 0 Å². The second kappa shape index (κ2) is 5.96. The third-order valence-electron chi connectivity index (χ3n) is 0. The summed E-state index contributed by atoms with van der Waals surface area (Å²) in [6.45, 7) is 0. The van der Waals surface area contributed by atoms with E-state index >= 15 is 0 Å². The van der Waals surface area contributed by atoms with Crippen molar-refractivity contribution in [1.29, 1.82) is 0 Å². The normalized spacial score (nSPS) is 10.8. The van der Waals surface area contributed by atoms with Crippen LogP contribution in [0.4, 0.5) is 0 Å². The zero-order chi connectivity index (χ0) is 9.00. The summed E-state index contributed by atoms with van der Waals surface area (Å²) >= 11 is 0. The molecule has 0 unspecified atom stereocenters. The van der Waals surface area contributed by atoms with Gasteiger partial charge in [-0.25, -0.2) is 4.57 Å². The van der Waals surface area contributed by atoms with E-state index in [1.54, 1.807) is 0 Å². The summed E-state index contributed by atoms with van der Waals surface area (Å²) < 4.78 is 8.88. The van der Waals surface area contributed by atoms with E-state index in [0.29, 0.717) is 0 Å². The second-order valence-corrected chi connectivity index (χ2v) is 3.34. The molecule has 7 N–H and O–H groups in total. The molecule has 0 aliphatic heterocycles. The molecule has 0 spiro atoms. The Hall–Kier alpha value is 0.384. The summed E-state index contributed by atoms with van der Waals surface area (Å²) in [6, 6.07) is 0. The zero-order valence-corrected chi connectivity index (χ0v) is 6.38. The van der Waals surface area contributed by atoms with E-state index < -0.39 is 16.9 Å². The topological polar surface area (TPSA) is 159 Å². The molecule has 0 aromatic rings. The lowest BCUT2D eigenvalue weighted by molar-refractivity contribution is 0.117. The molecule has 0 heterocycles. The van der Waals surface area contributed by atoms with Gasteiger partial charge in [0, 0.05) is 0 Å². The van der Waals surface area contributed by atoms with Crippen LogP contribution in [0.1, 0.15) is 0 Å². The van der Waals surface area contributed by atoms with Gasteiger partial charge in [0.2, 0.25) is 0 Å². The Morgan fingerprint density at radius 1 is 0.909 bits per heavy atom. The maximum atomic E-state index is 8.88. The Morgan fingerprint density at radius 3 is 0.909 bits per heavy atom. The summed E-state index contributed by atoms with van der Waals surface area (Å²) in [4.78, 5) is 50.9. The second-order valence-electron chi connectivity index (χ2n) is 1.11. The fraction of sp³-hybridized carbons (Fsp3) is 0. The Kier molecular flexibility index (Phi) is 9.47. The molecule has 0 radical (unpaired) electrons. The molecular weight excluding hydrogens is 215 g/mol. The summed E-state index contributed by atoms with van der Waals surface area (Å²) in [5.74, 6) is 0. The first-order valence-electron chi connectivity index (χ1n) is 1.68. The van der Waals surface area contributed by atoms with Gasteiger partial charge < -0.3 is 33.9 Å². The van der Waals surface area contributed by atoms with E-state index in [0.717, 1.165) is 0 Å². The van der Waals surface area contributed by atoms with Crippen LogP contribution in [0.3, 0.4) is 0 Å². The fourth-order valence-corrected chi connectivity index (χ4v) is 0. The lowest BCUT2D eigenvalue weighted by atomic mass is 15.7. The maximum absolute atomic E-state index is 8.88. The largest absolute Gasteiger partial charge is 0.668 e. The molecule has 0 aliphatic carbocycles. The Balaban J connectivity index is -0.000000107. The number of hydrogen-bond acceptors (Lipinski definition) is 5. The van der Waals surface area contributed by atoms with Crippen LogP contribution in [0.2, 0.25) is 0 Å². The van der Waals surface area contributed by atoms with E-state index in [-0.39, 0.29) is 11.0 Å². The van der Waals surface area contributed by atoms with Gasteiger partial charge in [0.05, 0.1) is 0 Å². The van der Waals surface area contributed by atoms with Gasteiger partial charge in [-0.2, -0.15) is 0 Å². The molecule has 72 valence electrons. The first-order chi connectivity index (χ1) is 4.00. The third-order valence-corrected chi connectivity index (χ3v) is 0. The van der Waals surface area contributed by atoms with E-state index in [2.05, 4.69) is 0 Å². The Labute approximate surface area is 67.1 Å². The Bertz CT molecular complexity index is 104. The quantitative estimate of drug-likeness (QED) is 0.160. The van der Waals surface area contributed by atoms with E-state index in [4.69, 9.17) is 38.4 Å². The molecule has 0 aromatic heterocycles. The summed E-state index contributed by atoms with van der Waals surface area (Å²) in [6.07, 6.45) is 0. The van der Waals surface area contributed by atoms with Gasteiger partial charge in [-0.3, -0.25) is 0 Å². The first-order valence-corrected chi connectivity index (χ1v) is 5.03. The summed E-state index contributed by atoms with van der Waals surface area (Å²) in [5.41, 5.74) is 0. The minimum Gasteiger partial charge on any atom is -0.368 e. The molecule has 11 heteroatoms. The van der Waals surface area contributed by atoms with Gasteiger partial charge in [0.1, 0.15) is 0 Å². The van der Waals surface area contributed by atoms with Crippen molar-refractivity contribution < 1.29 is 38.4 Å². The van der Waals surface area contributed by atoms with Crippen LogP contribution in [-0.4, -0.2) is 53.9 Å². The molecule has 0 bridgehead atoms. The predicted octanol–water partition coefficient (Wildman–Crippen LogP) is -4.99. The highest BCUT2D eigenvalue weighted by Gasteiger charge is 2.22. The van der Waals surface area contributed by atoms with E-state index in [1.807, 2.05) is 0 Å². The van der Waals surface area contributed by atoms with Gasteiger partial charge in [0.25, 0.3) is 0 Å². The third kappa shape index (κ3) is 4960. The maximum Gasteiger partial charge on any atom is 0.668 e. The molecule has 0 amide bonds. The van der Waals surface area contributed by atoms with Crippen LogP contribution in [-0.2, 0) is 4.57 Å². The van der Waals surface area contributed by atoms with Gasteiger partial charge in [0.15, 0.2) is 0 Å². The van der Waals surface area contributed by atoms with E-state index in [1.165, 1.54) is 0 Å². The molecule has 0 saturated carbocycles. The minimum atomic E-state index is -4.64. The molecule has 8 nitrogen and oxygen atoms in total. The van der Waals surface area contributed by atoms with Crippen LogP contribution >= 0.6 is 7.82 Å². The molecule has 0 fully saturated rings. The van der Waals surface area contributed by atoms with Crippen LogP contribution in [0, 0.1) is 0 Å². The highest BCUT2D eigenvalue weighted by Crippen LogP contribution is 2.25. The summed E-state index contributed by atoms with van der Waals surface area (Å²) in [7, 11) is -9.25. The summed E-state index contributed by atoms with van der Waals surface area (Å²) in [5, 5.41) is 0. The van der Waals surface area contributed by atoms with Crippen molar-refractivity contribution in [3.8, 4) is 0 Å². The molecule has 11 heavy (non-hydrogen) atoms. The van der Waals surface area contributed by atoms with Crippen LogP contribution in [0.15, 0.2) is 0 Å². The van der Waals surface area contributed by atoms with Crippen LogP contribution in [0.5, 0.6) is 0 Å². The van der Waals surface area contributed by atoms with Crippen molar-refractivity contribution in [1.82, 2.24) is 0 Å². The lowest BCUT2D eigenvalue weighted by Crippen LogP contribution is -2.33.